The molecule has 0 aliphatic rings. The van der Waals surface area contributed by atoms with Gasteiger partial charge in [0.05, 0.1) is 16.3 Å². The summed E-state index contributed by atoms with van der Waals surface area (Å²) in [7, 11) is -3.96. The number of rotatable bonds is 6. The molecule has 4 aromatic rings. The number of primary sulfonamides is 1. The van der Waals surface area contributed by atoms with Gasteiger partial charge < -0.3 is 5.32 Å². The number of benzene rings is 2. The molecule has 2 heterocycles. The quantitative estimate of drug-likeness (QED) is 0.383. The van der Waals surface area contributed by atoms with Gasteiger partial charge in [-0.1, -0.05) is 6.07 Å². The Labute approximate surface area is 200 Å². The van der Waals surface area contributed by atoms with E-state index in [0.717, 1.165) is 21.9 Å². The first-order valence-electron chi connectivity index (χ1n) is 10.6. The van der Waals surface area contributed by atoms with Crippen molar-refractivity contribution < 1.29 is 21.6 Å². The molecule has 4 rings (SSSR count). The molecule has 0 amide bonds. The van der Waals surface area contributed by atoms with Crippen molar-refractivity contribution in [3.8, 4) is 28.1 Å². The maximum atomic E-state index is 13.7. The fraction of sp³-hybridized carbons (Fsp3) is 0.167. The van der Waals surface area contributed by atoms with Crippen molar-refractivity contribution in [1.29, 1.82) is 0 Å². The first kappa shape index (κ1) is 24.4. The van der Waals surface area contributed by atoms with Crippen LogP contribution in [0.5, 0.6) is 0 Å². The number of alkyl halides is 3. The Morgan fingerprint density at radius 3 is 2.17 bits per heavy atom. The SMILES string of the molecule is CC(C)Nc1ccc(-c2ccncc2)cc1-c1cc(C(F)(F)F)nn1-c1ccc(S(N)(=O)=O)cc1. The van der Waals surface area contributed by atoms with Gasteiger partial charge in [-0.05, 0) is 79.6 Å². The van der Waals surface area contributed by atoms with Gasteiger partial charge in [0, 0.05) is 29.7 Å². The van der Waals surface area contributed by atoms with E-state index in [1.807, 2.05) is 19.9 Å². The van der Waals surface area contributed by atoms with Crippen LogP contribution in [0.2, 0.25) is 0 Å². The van der Waals surface area contributed by atoms with E-state index in [0.29, 0.717) is 11.3 Å². The van der Waals surface area contributed by atoms with Crippen molar-refractivity contribution in [1.82, 2.24) is 14.8 Å². The number of hydrogen-bond donors (Lipinski definition) is 2. The average Bonchev–Trinajstić information content (AvgIpc) is 3.25. The molecule has 0 spiro atoms. The standard InChI is InChI=1S/C24H22F3N5O2S/c1-15(2)30-21-8-3-17(16-9-11-29-12-10-16)13-20(21)22-14-23(24(25,26)27)31-32(22)18-4-6-19(7-5-18)35(28,33)34/h3-15,30H,1-2H3,(H2,28,33,34). The van der Waals surface area contributed by atoms with Crippen LogP contribution in [0.1, 0.15) is 19.5 Å². The van der Waals surface area contributed by atoms with Gasteiger partial charge in [0.1, 0.15) is 0 Å². The summed E-state index contributed by atoms with van der Waals surface area (Å²) in [4.78, 5) is 3.85. The molecule has 0 saturated heterocycles. The zero-order valence-electron chi connectivity index (χ0n) is 18.8. The number of sulfonamides is 1. The smallest absolute Gasteiger partial charge is 0.382 e. The number of hydrogen-bond acceptors (Lipinski definition) is 5. The summed E-state index contributed by atoms with van der Waals surface area (Å²) in [6, 6.07) is 15.2. The molecule has 11 heteroatoms. The Morgan fingerprint density at radius 2 is 1.60 bits per heavy atom. The van der Waals surface area contributed by atoms with Gasteiger partial charge in [-0.15, -0.1) is 0 Å². The molecule has 3 N–H and O–H groups in total. The van der Waals surface area contributed by atoms with Gasteiger partial charge in [0.15, 0.2) is 5.69 Å². The number of aromatic nitrogens is 3. The molecule has 7 nitrogen and oxygen atoms in total. The number of pyridine rings is 1. The normalized spacial score (nSPS) is 12.2. The third-order valence-electron chi connectivity index (χ3n) is 5.16. The largest absolute Gasteiger partial charge is 0.435 e. The van der Waals surface area contributed by atoms with Crippen molar-refractivity contribution in [2.75, 3.05) is 5.32 Å². The minimum Gasteiger partial charge on any atom is -0.382 e. The first-order chi connectivity index (χ1) is 16.4. The molecule has 0 unspecified atom stereocenters. The Morgan fingerprint density at radius 1 is 0.943 bits per heavy atom. The number of nitrogens with zero attached hydrogens (tertiary/aromatic N) is 3. The molecule has 2 aromatic heterocycles. The third-order valence-corrected chi connectivity index (χ3v) is 6.09. The Balaban J connectivity index is 1.95. The number of anilines is 1. The lowest BCUT2D eigenvalue weighted by Gasteiger charge is -2.17. The highest BCUT2D eigenvalue weighted by Gasteiger charge is 2.35. The average molecular weight is 502 g/mol. The first-order valence-corrected chi connectivity index (χ1v) is 12.1. The van der Waals surface area contributed by atoms with Crippen molar-refractivity contribution >= 4 is 15.7 Å². The van der Waals surface area contributed by atoms with Crippen molar-refractivity contribution in [3.63, 3.8) is 0 Å². The topological polar surface area (TPSA) is 103 Å². The predicted octanol–water partition coefficient (Wildman–Crippen LogP) is 5.09. The Bertz CT molecular complexity index is 1450. The lowest BCUT2D eigenvalue weighted by molar-refractivity contribution is -0.141. The van der Waals surface area contributed by atoms with Gasteiger partial charge in [0.25, 0.3) is 0 Å². The molecule has 0 saturated carbocycles. The zero-order valence-corrected chi connectivity index (χ0v) is 19.6. The van der Waals surface area contributed by atoms with Crippen LogP contribution in [-0.4, -0.2) is 29.2 Å². The summed E-state index contributed by atoms with van der Waals surface area (Å²) >= 11 is 0. The molecular formula is C24H22F3N5O2S. The molecule has 0 fully saturated rings. The van der Waals surface area contributed by atoms with Crippen LogP contribution < -0.4 is 10.5 Å². The van der Waals surface area contributed by atoms with Crippen LogP contribution in [0, 0.1) is 0 Å². The van der Waals surface area contributed by atoms with E-state index in [1.165, 1.54) is 24.3 Å². The summed E-state index contributed by atoms with van der Waals surface area (Å²) in [5.74, 6) is 0. The highest BCUT2D eigenvalue weighted by molar-refractivity contribution is 7.89. The van der Waals surface area contributed by atoms with E-state index in [-0.39, 0.29) is 22.3 Å². The molecule has 182 valence electrons. The van der Waals surface area contributed by atoms with Crippen LogP contribution in [0.3, 0.4) is 0 Å². The van der Waals surface area contributed by atoms with Gasteiger partial charge in [-0.25, -0.2) is 18.2 Å². The van der Waals surface area contributed by atoms with Crippen LogP contribution in [0.15, 0.2) is 78.0 Å². The monoisotopic (exact) mass is 501 g/mol. The third kappa shape index (κ3) is 5.36. The second-order valence-corrected chi connectivity index (χ2v) is 9.72. The van der Waals surface area contributed by atoms with E-state index < -0.39 is 21.9 Å². The van der Waals surface area contributed by atoms with Gasteiger partial charge >= 0.3 is 6.18 Å². The van der Waals surface area contributed by atoms with E-state index >= 15 is 0 Å². The van der Waals surface area contributed by atoms with Crippen molar-refractivity contribution in [3.05, 3.63) is 78.8 Å². The summed E-state index contributed by atoms with van der Waals surface area (Å²) in [5, 5.41) is 12.2. The van der Waals surface area contributed by atoms with Crippen molar-refractivity contribution in [2.24, 2.45) is 5.14 Å². The lowest BCUT2D eigenvalue weighted by Crippen LogP contribution is -2.12. The highest BCUT2D eigenvalue weighted by atomic mass is 32.2. The van der Waals surface area contributed by atoms with Crippen molar-refractivity contribution in [2.45, 2.75) is 31.0 Å². The zero-order chi connectivity index (χ0) is 25.4. The fourth-order valence-electron chi connectivity index (χ4n) is 3.60. The fourth-order valence-corrected chi connectivity index (χ4v) is 4.12. The summed E-state index contributed by atoms with van der Waals surface area (Å²) in [5.41, 5.74) is 2.08. The van der Waals surface area contributed by atoms with Gasteiger partial charge in [-0.2, -0.15) is 18.3 Å². The predicted molar refractivity (Wildman–Crippen MR) is 127 cm³/mol. The lowest BCUT2D eigenvalue weighted by atomic mass is 10.00. The Hall–Kier alpha value is -3.70. The minimum atomic E-state index is -4.69. The maximum absolute atomic E-state index is 13.7. The number of nitrogens with two attached hydrogens (primary N) is 1. The van der Waals surface area contributed by atoms with E-state index in [9.17, 15) is 21.6 Å². The molecule has 0 atom stereocenters. The number of halogens is 3. The molecule has 0 aliphatic carbocycles. The van der Waals surface area contributed by atoms with Crippen LogP contribution in [-0.2, 0) is 16.2 Å². The van der Waals surface area contributed by atoms with Gasteiger partial charge in [0.2, 0.25) is 10.0 Å². The maximum Gasteiger partial charge on any atom is 0.435 e. The van der Waals surface area contributed by atoms with Gasteiger partial charge in [-0.3, -0.25) is 4.98 Å². The summed E-state index contributed by atoms with van der Waals surface area (Å²) in [6.45, 7) is 3.84. The Kier molecular flexibility index (Phi) is 6.39. The minimum absolute atomic E-state index is 0.00743. The van der Waals surface area contributed by atoms with E-state index in [1.54, 1.807) is 36.7 Å². The van der Waals surface area contributed by atoms with E-state index in [4.69, 9.17) is 5.14 Å². The summed E-state index contributed by atoms with van der Waals surface area (Å²) in [6.07, 6.45) is -1.42. The second-order valence-electron chi connectivity index (χ2n) is 8.16. The molecule has 0 aliphatic heterocycles. The molecule has 0 bridgehead atoms. The molecule has 0 radical (unpaired) electrons. The van der Waals surface area contributed by atoms with Crippen LogP contribution >= 0.6 is 0 Å². The highest BCUT2D eigenvalue weighted by Crippen LogP contribution is 2.38. The summed E-state index contributed by atoms with van der Waals surface area (Å²) < 4.78 is 65.5. The van der Waals surface area contributed by atoms with E-state index in [2.05, 4.69) is 15.4 Å². The molecule has 2 aromatic carbocycles. The molecule has 35 heavy (non-hydrogen) atoms. The second kappa shape index (κ2) is 9.16. The molecular weight excluding hydrogens is 479 g/mol. The van der Waals surface area contributed by atoms with Crippen LogP contribution in [0.4, 0.5) is 18.9 Å². The number of nitrogens with one attached hydrogen (secondary N) is 1. The van der Waals surface area contributed by atoms with Crippen LogP contribution in [0.25, 0.3) is 28.1 Å².